The van der Waals surface area contributed by atoms with Crippen LogP contribution in [0.1, 0.15) is 26.3 Å². The molecule has 2 atom stereocenters. The molecule has 0 aliphatic carbocycles. The number of amides is 1. The summed E-state index contributed by atoms with van der Waals surface area (Å²) < 4.78 is 16.8. The summed E-state index contributed by atoms with van der Waals surface area (Å²) in [6.45, 7) is 5.80. The van der Waals surface area contributed by atoms with Crippen molar-refractivity contribution < 1.29 is 23.8 Å². The normalized spacial score (nSPS) is 20.9. The Morgan fingerprint density at radius 3 is 2.48 bits per heavy atom. The number of esters is 1. The third-order valence-electron chi connectivity index (χ3n) is 3.77. The number of benzene rings is 1. The van der Waals surface area contributed by atoms with E-state index in [1.165, 1.54) is 7.11 Å². The molecule has 25 heavy (non-hydrogen) atoms. The van der Waals surface area contributed by atoms with Crippen LogP contribution >= 0.6 is 15.9 Å². The van der Waals surface area contributed by atoms with Crippen molar-refractivity contribution in [2.45, 2.75) is 44.9 Å². The van der Waals surface area contributed by atoms with E-state index in [1.807, 2.05) is 45.0 Å². The molecule has 1 aromatic carbocycles. The fourth-order valence-electron chi connectivity index (χ4n) is 2.58. The Bertz CT molecular complexity index is 611. The van der Waals surface area contributed by atoms with E-state index in [0.717, 1.165) is 10.0 Å². The minimum atomic E-state index is -0.793. The number of halogens is 1. The highest BCUT2D eigenvalue weighted by molar-refractivity contribution is 9.10. The average Bonchev–Trinajstić information content (AvgIpc) is 2.55. The Kier molecular flexibility index (Phi) is 6.46. The molecule has 0 radical (unpaired) electrons. The first kappa shape index (κ1) is 19.7. The van der Waals surface area contributed by atoms with Crippen molar-refractivity contribution >= 4 is 28.0 Å². The van der Waals surface area contributed by atoms with E-state index in [4.69, 9.17) is 14.2 Å². The van der Waals surface area contributed by atoms with Gasteiger partial charge in [-0.2, -0.15) is 0 Å². The van der Waals surface area contributed by atoms with Gasteiger partial charge in [-0.3, -0.25) is 4.90 Å². The fourth-order valence-corrected chi connectivity index (χ4v) is 2.84. The third-order valence-corrected chi connectivity index (χ3v) is 4.30. The second kappa shape index (κ2) is 8.19. The number of rotatable bonds is 3. The van der Waals surface area contributed by atoms with Crippen molar-refractivity contribution in [1.29, 1.82) is 0 Å². The Morgan fingerprint density at radius 1 is 1.28 bits per heavy atom. The summed E-state index contributed by atoms with van der Waals surface area (Å²) in [6, 6.07) is 7.67. The Labute approximate surface area is 156 Å². The number of carbonyl (C=O) groups excluding carboxylic acids is 2. The predicted molar refractivity (Wildman–Crippen MR) is 96.3 cm³/mol. The van der Waals surface area contributed by atoms with Gasteiger partial charge in [-0.1, -0.05) is 28.1 Å². The Hall–Kier alpha value is -1.60. The molecule has 1 aliphatic rings. The summed E-state index contributed by atoms with van der Waals surface area (Å²) >= 11 is 3.41. The number of hydrogen-bond acceptors (Lipinski definition) is 5. The van der Waals surface area contributed by atoms with Gasteiger partial charge in [-0.25, -0.2) is 9.59 Å². The Balaban J connectivity index is 2.15. The highest BCUT2D eigenvalue weighted by atomic mass is 79.9. The monoisotopic (exact) mass is 413 g/mol. The van der Waals surface area contributed by atoms with E-state index in [9.17, 15) is 9.59 Å². The molecule has 0 N–H and O–H groups in total. The minimum Gasteiger partial charge on any atom is -0.467 e. The van der Waals surface area contributed by atoms with Crippen molar-refractivity contribution in [3.05, 3.63) is 34.3 Å². The van der Waals surface area contributed by atoms with E-state index >= 15 is 0 Å². The molecular formula is C18H24BrNO5. The maximum Gasteiger partial charge on any atom is 0.410 e. The first-order valence-corrected chi connectivity index (χ1v) is 8.92. The van der Waals surface area contributed by atoms with Gasteiger partial charge in [0.05, 0.1) is 26.3 Å². The molecule has 0 aromatic heterocycles. The van der Waals surface area contributed by atoms with Crippen molar-refractivity contribution in [2.75, 3.05) is 20.3 Å². The van der Waals surface area contributed by atoms with Crippen LogP contribution in [0.4, 0.5) is 4.79 Å². The predicted octanol–water partition coefficient (Wildman–Crippen LogP) is 3.17. The second-order valence-corrected chi connectivity index (χ2v) is 7.88. The van der Waals surface area contributed by atoms with Gasteiger partial charge in [-0.05, 0) is 44.9 Å². The molecule has 0 saturated carbocycles. The van der Waals surface area contributed by atoms with Gasteiger partial charge in [0.15, 0.2) is 6.10 Å². The lowest BCUT2D eigenvalue weighted by Gasteiger charge is -2.39. The lowest BCUT2D eigenvalue weighted by Crippen LogP contribution is -2.56. The number of morpholine rings is 1. The largest absolute Gasteiger partial charge is 0.467 e. The van der Waals surface area contributed by atoms with E-state index in [2.05, 4.69) is 15.9 Å². The van der Waals surface area contributed by atoms with Gasteiger partial charge in [-0.15, -0.1) is 0 Å². The van der Waals surface area contributed by atoms with Crippen LogP contribution in [0.25, 0.3) is 0 Å². The van der Waals surface area contributed by atoms with Gasteiger partial charge < -0.3 is 14.2 Å². The molecule has 1 aromatic rings. The summed E-state index contributed by atoms with van der Waals surface area (Å²) in [4.78, 5) is 26.0. The fraction of sp³-hybridized carbons (Fsp3) is 0.556. The zero-order valence-corrected chi connectivity index (χ0v) is 16.5. The van der Waals surface area contributed by atoms with Crippen molar-refractivity contribution in [3.63, 3.8) is 0 Å². The molecule has 138 valence electrons. The second-order valence-electron chi connectivity index (χ2n) is 6.96. The number of ether oxygens (including phenoxy) is 3. The first-order valence-electron chi connectivity index (χ1n) is 8.13. The van der Waals surface area contributed by atoms with Gasteiger partial charge in [0.25, 0.3) is 0 Å². The smallest absolute Gasteiger partial charge is 0.410 e. The Morgan fingerprint density at radius 2 is 1.92 bits per heavy atom. The van der Waals surface area contributed by atoms with Crippen LogP contribution in [0.15, 0.2) is 28.7 Å². The number of hydrogen-bond donors (Lipinski definition) is 0. The van der Waals surface area contributed by atoms with Gasteiger partial charge in [0.2, 0.25) is 0 Å². The summed E-state index contributed by atoms with van der Waals surface area (Å²) in [7, 11) is 1.30. The zero-order chi connectivity index (χ0) is 18.6. The van der Waals surface area contributed by atoms with E-state index < -0.39 is 23.8 Å². The highest BCUT2D eigenvalue weighted by Gasteiger charge is 2.38. The first-order chi connectivity index (χ1) is 11.7. The highest BCUT2D eigenvalue weighted by Crippen LogP contribution is 2.21. The van der Waals surface area contributed by atoms with Gasteiger partial charge in [0, 0.05) is 4.47 Å². The van der Waals surface area contributed by atoms with Gasteiger partial charge >= 0.3 is 12.1 Å². The minimum absolute atomic E-state index is 0.114. The van der Waals surface area contributed by atoms with Crippen LogP contribution in [0.5, 0.6) is 0 Å². The van der Waals surface area contributed by atoms with Crippen LogP contribution in [0, 0.1) is 0 Å². The molecule has 1 saturated heterocycles. The number of carbonyl (C=O) groups is 2. The summed E-state index contributed by atoms with van der Waals surface area (Å²) in [5.74, 6) is -0.490. The molecule has 6 nitrogen and oxygen atoms in total. The van der Waals surface area contributed by atoms with Crippen LogP contribution in [-0.2, 0) is 25.4 Å². The molecule has 2 rings (SSSR count). The van der Waals surface area contributed by atoms with Gasteiger partial charge in [0.1, 0.15) is 5.60 Å². The molecule has 1 amide bonds. The van der Waals surface area contributed by atoms with Crippen LogP contribution in [-0.4, -0.2) is 55.0 Å². The van der Waals surface area contributed by atoms with E-state index in [-0.39, 0.29) is 19.2 Å². The number of methoxy groups -OCH3 is 1. The molecule has 7 heteroatoms. The molecule has 1 fully saturated rings. The topological polar surface area (TPSA) is 65.1 Å². The van der Waals surface area contributed by atoms with Crippen molar-refractivity contribution in [1.82, 2.24) is 4.90 Å². The molecule has 0 bridgehead atoms. The standard InChI is InChI=1S/C18H24BrNO5/c1-18(2,3)25-17(22)20-10-15(16(21)23-4)24-11-14(20)9-12-5-7-13(19)8-6-12/h5-8,14-15H,9-11H2,1-4H3. The van der Waals surface area contributed by atoms with E-state index in [1.54, 1.807) is 4.90 Å². The molecule has 0 spiro atoms. The average molecular weight is 414 g/mol. The maximum absolute atomic E-state index is 12.6. The molecular weight excluding hydrogens is 390 g/mol. The maximum atomic E-state index is 12.6. The van der Waals surface area contributed by atoms with Crippen LogP contribution < -0.4 is 0 Å². The molecule has 1 heterocycles. The van der Waals surface area contributed by atoms with E-state index in [0.29, 0.717) is 6.42 Å². The lowest BCUT2D eigenvalue weighted by atomic mass is 10.0. The van der Waals surface area contributed by atoms with Crippen molar-refractivity contribution in [3.8, 4) is 0 Å². The zero-order valence-electron chi connectivity index (χ0n) is 15.0. The van der Waals surface area contributed by atoms with Crippen molar-refractivity contribution in [2.24, 2.45) is 0 Å². The number of nitrogens with zero attached hydrogens (tertiary/aromatic N) is 1. The SMILES string of the molecule is COC(=O)C1CN(C(=O)OC(C)(C)C)C(Cc2ccc(Br)cc2)CO1. The summed E-state index contributed by atoms with van der Waals surface area (Å²) in [6.07, 6.45) is -0.633. The molecule has 1 aliphatic heterocycles. The molecule has 2 unspecified atom stereocenters. The third kappa shape index (κ3) is 5.71. The van der Waals surface area contributed by atoms with Crippen LogP contribution in [0.3, 0.4) is 0 Å². The summed E-state index contributed by atoms with van der Waals surface area (Å²) in [5, 5.41) is 0. The van der Waals surface area contributed by atoms with Crippen LogP contribution in [0.2, 0.25) is 0 Å². The lowest BCUT2D eigenvalue weighted by molar-refractivity contribution is -0.162. The summed E-state index contributed by atoms with van der Waals surface area (Å²) in [5.41, 5.74) is 0.458. The quantitative estimate of drug-likeness (QED) is 0.711.